The average molecular weight is 251 g/mol. The van der Waals surface area contributed by atoms with Gasteiger partial charge in [-0.3, -0.25) is 4.57 Å². The number of aryl methyl sites for hydroxylation is 1. The van der Waals surface area contributed by atoms with Crippen LogP contribution in [0, 0.1) is 0 Å². The molecule has 0 aliphatic rings. The fourth-order valence-corrected chi connectivity index (χ4v) is 1.87. The van der Waals surface area contributed by atoms with Gasteiger partial charge in [-0.25, -0.2) is 4.79 Å². The summed E-state index contributed by atoms with van der Waals surface area (Å²) in [5.41, 5.74) is 7.91. The maximum absolute atomic E-state index is 11.4. The van der Waals surface area contributed by atoms with Gasteiger partial charge >= 0.3 is 5.76 Å². The molecule has 0 spiro atoms. The summed E-state index contributed by atoms with van der Waals surface area (Å²) >= 11 is 0. The van der Waals surface area contributed by atoms with Crippen molar-refractivity contribution in [3.05, 3.63) is 28.7 Å². The number of likely N-dealkylation sites (N-methyl/N-ethyl adjacent to an activating group) is 1. The van der Waals surface area contributed by atoms with Crippen molar-refractivity contribution in [1.82, 2.24) is 4.57 Å². The monoisotopic (exact) mass is 251 g/mol. The molecule has 0 saturated carbocycles. The topological polar surface area (TPSA) is 84.6 Å². The summed E-state index contributed by atoms with van der Waals surface area (Å²) in [6.45, 7) is 0.477. The van der Waals surface area contributed by atoms with E-state index in [-0.39, 0.29) is 18.4 Å². The Kier molecular flexibility index (Phi) is 3.40. The first-order valence-electron chi connectivity index (χ1n) is 5.70. The number of hydrogen-bond donors (Lipinski definition) is 2. The molecule has 0 bridgehead atoms. The summed E-state index contributed by atoms with van der Waals surface area (Å²) in [7, 11) is 3.55. The van der Waals surface area contributed by atoms with E-state index in [0.29, 0.717) is 12.1 Å². The molecule has 0 aliphatic heterocycles. The predicted octanol–water partition coefficient (Wildman–Crippen LogP) is -0.113. The molecule has 3 N–H and O–H groups in total. The van der Waals surface area contributed by atoms with E-state index in [1.165, 1.54) is 4.57 Å². The molecule has 6 nitrogen and oxygen atoms in total. The normalized spacial score (nSPS) is 12.9. The molecule has 2 rings (SSSR count). The molecular formula is C12H17N3O3. The first kappa shape index (κ1) is 12.7. The number of fused-ring (bicyclic) bond motifs is 1. The summed E-state index contributed by atoms with van der Waals surface area (Å²) in [6.07, 6.45) is 0. The maximum Gasteiger partial charge on any atom is 0.419 e. The van der Waals surface area contributed by atoms with E-state index in [1.54, 1.807) is 13.1 Å². The van der Waals surface area contributed by atoms with Crippen LogP contribution in [0.3, 0.4) is 0 Å². The Hall–Kier alpha value is -1.79. The van der Waals surface area contributed by atoms with Crippen LogP contribution < -0.4 is 16.4 Å². The minimum absolute atomic E-state index is 0.0587. The van der Waals surface area contributed by atoms with Gasteiger partial charge in [0.2, 0.25) is 0 Å². The van der Waals surface area contributed by atoms with Gasteiger partial charge in [-0.2, -0.15) is 0 Å². The molecule has 1 aromatic heterocycles. The molecule has 1 atom stereocenters. The Morgan fingerprint density at radius 2 is 2.28 bits per heavy atom. The summed E-state index contributed by atoms with van der Waals surface area (Å²) in [5, 5.41) is 8.94. The summed E-state index contributed by atoms with van der Waals surface area (Å²) in [5.74, 6) is -0.378. The molecule has 0 saturated heterocycles. The van der Waals surface area contributed by atoms with Gasteiger partial charge in [0.05, 0.1) is 12.1 Å². The molecule has 0 fully saturated rings. The Labute approximate surface area is 104 Å². The Bertz CT molecular complexity index is 602. The minimum Gasteiger partial charge on any atom is -0.408 e. The lowest BCUT2D eigenvalue weighted by Gasteiger charge is -2.22. The van der Waals surface area contributed by atoms with Crippen LogP contribution in [0.2, 0.25) is 0 Å². The van der Waals surface area contributed by atoms with Gasteiger partial charge in [-0.1, -0.05) is 0 Å². The van der Waals surface area contributed by atoms with Crippen molar-refractivity contribution in [3.63, 3.8) is 0 Å². The third kappa shape index (κ3) is 2.25. The summed E-state index contributed by atoms with van der Waals surface area (Å²) in [4.78, 5) is 13.3. The van der Waals surface area contributed by atoms with Crippen molar-refractivity contribution in [2.75, 3.05) is 25.1 Å². The maximum atomic E-state index is 11.4. The third-order valence-electron chi connectivity index (χ3n) is 2.96. The lowest BCUT2D eigenvalue weighted by Crippen LogP contribution is -2.37. The van der Waals surface area contributed by atoms with Crippen molar-refractivity contribution >= 4 is 16.8 Å². The predicted molar refractivity (Wildman–Crippen MR) is 69.8 cm³/mol. The molecule has 18 heavy (non-hydrogen) atoms. The van der Waals surface area contributed by atoms with Crippen molar-refractivity contribution in [2.24, 2.45) is 12.8 Å². The summed E-state index contributed by atoms with van der Waals surface area (Å²) < 4.78 is 6.52. The molecule has 2 aromatic rings. The highest BCUT2D eigenvalue weighted by Gasteiger charge is 2.10. The summed E-state index contributed by atoms with van der Waals surface area (Å²) in [6, 6.07) is 5.19. The number of rotatable bonds is 4. The van der Waals surface area contributed by atoms with E-state index >= 15 is 0 Å². The Balaban J connectivity index is 2.34. The molecule has 0 aliphatic carbocycles. The average Bonchev–Trinajstić information content (AvgIpc) is 2.64. The zero-order valence-corrected chi connectivity index (χ0v) is 10.5. The second kappa shape index (κ2) is 4.83. The smallest absolute Gasteiger partial charge is 0.408 e. The van der Waals surface area contributed by atoms with Gasteiger partial charge in [-0.15, -0.1) is 0 Å². The van der Waals surface area contributed by atoms with Crippen molar-refractivity contribution in [3.8, 4) is 0 Å². The minimum atomic E-state index is -0.378. The molecule has 6 heteroatoms. The number of aromatic nitrogens is 1. The van der Waals surface area contributed by atoms with E-state index in [1.807, 2.05) is 24.1 Å². The SMILES string of the molecule is CN(CC(N)CO)c1ccc2oc(=O)n(C)c2c1. The largest absolute Gasteiger partial charge is 0.419 e. The van der Waals surface area contributed by atoms with Crippen molar-refractivity contribution in [2.45, 2.75) is 6.04 Å². The highest BCUT2D eigenvalue weighted by atomic mass is 16.4. The zero-order chi connectivity index (χ0) is 13.3. The van der Waals surface area contributed by atoms with Crippen LogP contribution in [-0.4, -0.2) is 35.9 Å². The van der Waals surface area contributed by atoms with Crippen LogP contribution in [0.1, 0.15) is 0 Å². The molecule has 98 valence electrons. The molecule has 0 radical (unpaired) electrons. The first-order chi connectivity index (χ1) is 8.52. The van der Waals surface area contributed by atoms with Crippen molar-refractivity contribution in [1.29, 1.82) is 0 Å². The van der Waals surface area contributed by atoms with E-state index in [0.717, 1.165) is 11.2 Å². The number of nitrogens with zero attached hydrogens (tertiary/aromatic N) is 2. The van der Waals surface area contributed by atoms with Crippen LogP contribution >= 0.6 is 0 Å². The van der Waals surface area contributed by atoms with E-state index in [4.69, 9.17) is 15.3 Å². The highest BCUT2D eigenvalue weighted by Crippen LogP contribution is 2.20. The van der Waals surface area contributed by atoms with Gasteiger partial charge < -0.3 is 20.2 Å². The lowest BCUT2D eigenvalue weighted by atomic mass is 10.2. The highest BCUT2D eigenvalue weighted by molar-refractivity contribution is 5.77. The lowest BCUT2D eigenvalue weighted by molar-refractivity contribution is 0.267. The van der Waals surface area contributed by atoms with E-state index in [2.05, 4.69) is 0 Å². The van der Waals surface area contributed by atoms with Crippen LogP contribution in [0.4, 0.5) is 5.69 Å². The van der Waals surface area contributed by atoms with Crippen LogP contribution in [0.25, 0.3) is 11.1 Å². The van der Waals surface area contributed by atoms with E-state index in [9.17, 15) is 4.79 Å². The van der Waals surface area contributed by atoms with Gasteiger partial charge in [0.1, 0.15) is 0 Å². The Morgan fingerprint density at radius 3 is 2.94 bits per heavy atom. The number of anilines is 1. The zero-order valence-electron chi connectivity index (χ0n) is 10.5. The number of oxazole rings is 1. The number of hydrogen-bond acceptors (Lipinski definition) is 5. The number of aliphatic hydroxyl groups is 1. The Morgan fingerprint density at radius 1 is 1.56 bits per heavy atom. The molecule has 1 aromatic carbocycles. The molecule has 1 unspecified atom stereocenters. The van der Waals surface area contributed by atoms with E-state index < -0.39 is 0 Å². The molecular weight excluding hydrogens is 234 g/mol. The van der Waals surface area contributed by atoms with Crippen LogP contribution in [0.5, 0.6) is 0 Å². The van der Waals surface area contributed by atoms with Crippen LogP contribution in [0.15, 0.2) is 27.4 Å². The quantitative estimate of drug-likeness (QED) is 0.792. The fraction of sp³-hybridized carbons (Fsp3) is 0.417. The second-order valence-corrected chi connectivity index (χ2v) is 4.40. The second-order valence-electron chi connectivity index (χ2n) is 4.40. The number of benzene rings is 1. The number of nitrogens with two attached hydrogens (primary N) is 1. The van der Waals surface area contributed by atoms with Crippen LogP contribution in [-0.2, 0) is 7.05 Å². The first-order valence-corrected chi connectivity index (χ1v) is 5.70. The fourth-order valence-electron chi connectivity index (χ4n) is 1.87. The molecule has 0 amide bonds. The van der Waals surface area contributed by atoms with Gasteiger partial charge in [0.25, 0.3) is 0 Å². The van der Waals surface area contributed by atoms with Gasteiger partial charge in [-0.05, 0) is 18.2 Å². The number of aliphatic hydroxyl groups excluding tert-OH is 1. The van der Waals surface area contributed by atoms with Gasteiger partial charge in [0.15, 0.2) is 5.58 Å². The molecule has 1 heterocycles. The third-order valence-corrected chi connectivity index (χ3v) is 2.96. The standard InChI is InChI=1S/C12H17N3O3/c1-14(6-8(13)7-16)9-3-4-11-10(5-9)15(2)12(17)18-11/h3-5,8,16H,6-7,13H2,1-2H3. The van der Waals surface area contributed by atoms with Gasteiger partial charge in [0, 0.05) is 32.4 Å². The van der Waals surface area contributed by atoms with Crippen molar-refractivity contribution < 1.29 is 9.52 Å².